The van der Waals surface area contributed by atoms with Crippen LogP contribution in [0.1, 0.15) is 39.3 Å². The molecule has 0 saturated heterocycles. The first-order valence-electron chi connectivity index (χ1n) is 6.01. The molecule has 0 radical (unpaired) electrons. The lowest BCUT2D eigenvalue weighted by Crippen LogP contribution is -2.37. The van der Waals surface area contributed by atoms with Gasteiger partial charge in [-0.3, -0.25) is 0 Å². The van der Waals surface area contributed by atoms with Gasteiger partial charge in [0, 0.05) is 10.1 Å². The number of benzene rings is 1. The third kappa shape index (κ3) is 4.34. The number of thioether (sulfide) groups is 1. The van der Waals surface area contributed by atoms with Crippen molar-refractivity contribution in [3.8, 4) is 0 Å². The molecule has 3 heteroatoms. The summed E-state index contributed by atoms with van der Waals surface area (Å²) in [6.45, 7) is 8.02. The molecular weight excluding hydrogens is 230 g/mol. The lowest BCUT2D eigenvalue weighted by molar-refractivity contribution is 0.0400. The average molecular weight is 253 g/mol. The molecular formula is C14H23NOS. The first kappa shape index (κ1) is 14.6. The van der Waals surface area contributed by atoms with Gasteiger partial charge in [0.05, 0.1) is 11.6 Å². The van der Waals surface area contributed by atoms with Gasteiger partial charge in [-0.25, -0.2) is 0 Å². The number of rotatable bonds is 5. The van der Waals surface area contributed by atoms with Gasteiger partial charge in [0.1, 0.15) is 0 Å². The van der Waals surface area contributed by atoms with E-state index in [2.05, 4.69) is 43.4 Å². The highest BCUT2D eigenvalue weighted by molar-refractivity contribution is 7.99. The van der Waals surface area contributed by atoms with Crippen molar-refractivity contribution in [1.82, 2.24) is 5.32 Å². The second-order valence-electron chi connectivity index (χ2n) is 5.11. The zero-order valence-corrected chi connectivity index (χ0v) is 12.1. The zero-order chi connectivity index (χ0) is 13.1. The van der Waals surface area contributed by atoms with E-state index in [1.807, 2.05) is 32.7 Å². The molecule has 0 aliphatic rings. The molecule has 1 atom stereocenters. The predicted octanol–water partition coefficient (Wildman–Crippen LogP) is 3.22. The third-order valence-electron chi connectivity index (χ3n) is 2.58. The molecule has 0 aliphatic carbocycles. The van der Waals surface area contributed by atoms with Crippen LogP contribution in [0.3, 0.4) is 0 Å². The fraction of sp³-hybridized carbons (Fsp3) is 0.571. The second-order valence-corrected chi connectivity index (χ2v) is 6.76. The minimum atomic E-state index is -0.762. The summed E-state index contributed by atoms with van der Waals surface area (Å²) >= 11 is 1.85. The van der Waals surface area contributed by atoms with Crippen molar-refractivity contribution in [2.45, 2.75) is 49.5 Å². The molecule has 0 bridgehead atoms. The summed E-state index contributed by atoms with van der Waals surface area (Å²) < 4.78 is 0. The molecule has 0 aromatic heterocycles. The molecule has 1 unspecified atom stereocenters. The SMILES string of the molecule is CNC(c1ccc(SC(C)C)cc1)C(C)(C)O. The van der Waals surface area contributed by atoms with E-state index in [0.29, 0.717) is 5.25 Å². The first-order valence-corrected chi connectivity index (χ1v) is 6.89. The molecule has 1 aromatic rings. The van der Waals surface area contributed by atoms with Crippen molar-refractivity contribution in [3.63, 3.8) is 0 Å². The van der Waals surface area contributed by atoms with E-state index in [-0.39, 0.29) is 6.04 Å². The van der Waals surface area contributed by atoms with Crippen molar-refractivity contribution in [2.24, 2.45) is 0 Å². The Labute approximate surface area is 109 Å². The number of hydrogen-bond donors (Lipinski definition) is 2. The quantitative estimate of drug-likeness (QED) is 0.790. The van der Waals surface area contributed by atoms with E-state index in [1.165, 1.54) is 4.90 Å². The van der Waals surface area contributed by atoms with Crippen LogP contribution in [0.5, 0.6) is 0 Å². The third-order valence-corrected chi connectivity index (χ3v) is 3.60. The van der Waals surface area contributed by atoms with E-state index in [4.69, 9.17) is 0 Å². The zero-order valence-electron chi connectivity index (χ0n) is 11.3. The molecule has 2 nitrogen and oxygen atoms in total. The monoisotopic (exact) mass is 253 g/mol. The summed E-state index contributed by atoms with van der Waals surface area (Å²) in [7, 11) is 1.87. The Morgan fingerprint density at radius 2 is 1.71 bits per heavy atom. The van der Waals surface area contributed by atoms with Crippen LogP contribution in [0.4, 0.5) is 0 Å². The number of nitrogens with one attached hydrogen (secondary N) is 1. The minimum Gasteiger partial charge on any atom is -0.388 e. The Balaban J connectivity index is 2.86. The molecule has 0 amide bonds. The largest absolute Gasteiger partial charge is 0.388 e. The summed E-state index contributed by atoms with van der Waals surface area (Å²) in [5.74, 6) is 0. The van der Waals surface area contributed by atoms with Gasteiger partial charge in [-0.05, 0) is 38.6 Å². The second kappa shape index (κ2) is 5.89. The van der Waals surface area contributed by atoms with Gasteiger partial charge in [0.2, 0.25) is 0 Å². The standard InChI is InChI=1S/C14H23NOS/c1-10(2)17-12-8-6-11(7-9-12)13(15-5)14(3,4)16/h6-10,13,15-16H,1-5H3. The molecule has 0 spiro atoms. The van der Waals surface area contributed by atoms with Gasteiger partial charge < -0.3 is 10.4 Å². The highest BCUT2D eigenvalue weighted by Crippen LogP contribution is 2.28. The van der Waals surface area contributed by atoms with Crippen LogP contribution in [0, 0.1) is 0 Å². The molecule has 0 saturated carbocycles. The maximum Gasteiger partial charge on any atom is 0.0785 e. The fourth-order valence-electron chi connectivity index (χ4n) is 1.94. The summed E-state index contributed by atoms with van der Waals surface area (Å²) in [5, 5.41) is 13.8. The van der Waals surface area contributed by atoms with E-state index >= 15 is 0 Å². The normalized spacial score (nSPS) is 14.1. The smallest absolute Gasteiger partial charge is 0.0785 e. The first-order chi connectivity index (χ1) is 7.84. The van der Waals surface area contributed by atoms with E-state index in [9.17, 15) is 5.11 Å². The Kier molecular flexibility index (Phi) is 5.04. The van der Waals surface area contributed by atoms with Gasteiger partial charge in [0.25, 0.3) is 0 Å². The number of aliphatic hydroxyl groups is 1. The maximum atomic E-state index is 10.1. The topological polar surface area (TPSA) is 32.3 Å². The summed E-state index contributed by atoms with van der Waals surface area (Å²) in [5.41, 5.74) is 0.356. The fourth-order valence-corrected chi connectivity index (χ4v) is 2.78. The lowest BCUT2D eigenvalue weighted by Gasteiger charge is -2.29. The van der Waals surface area contributed by atoms with Crippen molar-refractivity contribution < 1.29 is 5.11 Å². The van der Waals surface area contributed by atoms with Crippen LogP contribution in [-0.2, 0) is 0 Å². The molecule has 0 aliphatic heterocycles. The van der Waals surface area contributed by atoms with Crippen molar-refractivity contribution >= 4 is 11.8 Å². The number of hydrogen-bond acceptors (Lipinski definition) is 3. The van der Waals surface area contributed by atoms with Gasteiger partial charge in [0.15, 0.2) is 0 Å². The molecule has 1 rings (SSSR count). The highest BCUT2D eigenvalue weighted by Gasteiger charge is 2.26. The van der Waals surface area contributed by atoms with Crippen molar-refractivity contribution in [2.75, 3.05) is 7.05 Å². The van der Waals surface area contributed by atoms with Crippen LogP contribution >= 0.6 is 11.8 Å². The molecule has 1 aromatic carbocycles. The van der Waals surface area contributed by atoms with Gasteiger partial charge in [-0.15, -0.1) is 11.8 Å². The van der Waals surface area contributed by atoms with Crippen molar-refractivity contribution in [1.29, 1.82) is 0 Å². The average Bonchev–Trinajstić information content (AvgIpc) is 2.18. The van der Waals surface area contributed by atoms with E-state index in [1.54, 1.807) is 0 Å². The Hall–Kier alpha value is -0.510. The van der Waals surface area contributed by atoms with Gasteiger partial charge >= 0.3 is 0 Å². The van der Waals surface area contributed by atoms with Gasteiger partial charge in [-0.2, -0.15) is 0 Å². The van der Waals surface area contributed by atoms with Crippen LogP contribution in [0.2, 0.25) is 0 Å². The predicted molar refractivity (Wildman–Crippen MR) is 75.5 cm³/mol. The summed E-state index contributed by atoms with van der Waals surface area (Å²) in [6.07, 6.45) is 0. The molecule has 96 valence electrons. The molecule has 0 heterocycles. The van der Waals surface area contributed by atoms with E-state index in [0.717, 1.165) is 5.56 Å². The highest BCUT2D eigenvalue weighted by atomic mass is 32.2. The Morgan fingerprint density at radius 1 is 1.18 bits per heavy atom. The van der Waals surface area contributed by atoms with E-state index < -0.39 is 5.60 Å². The summed E-state index contributed by atoms with van der Waals surface area (Å²) in [6, 6.07) is 8.38. The molecule has 0 fully saturated rings. The maximum absolute atomic E-state index is 10.1. The van der Waals surface area contributed by atoms with Crippen LogP contribution in [-0.4, -0.2) is 23.0 Å². The van der Waals surface area contributed by atoms with Crippen LogP contribution in [0.15, 0.2) is 29.2 Å². The number of likely N-dealkylation sites (N-methyl/N-ethyl adjacent to an activating group) is 1. The Bertz CT molecular complexity index is 340. The Morgan fingerprint density at radius 3 is 2.06 bits per heavy atom. The lowest BCUT2D eigenvalue weighted by atomic mass is 9.92. The molecule has 17 heavy (non-hydrogen) atoms. The summed E-state index contributed by atoms with van der Waals surface area (Å²) in [4.78, 5) is 1.27. The van der Waals surface area contributed by atoms with Crippen LogP contribution in [0.25, 0.3) is 0 Å². The van der Waals surface area contributed by atoms with Crippen LogP contribution < -0.4 is 5.32 Å². The minimum absolute atomic E-state index is 0.0411. The van der Waals surface area contributed by atoms with Gasteiger partial charge in [-0.1, -0.05) is 26.0 Å². The van der Waals surface area contributed by atoms with Crippen molar-refractivity contribution in [3.05, 3.63) is 29.8 Å². The molecule has 2 N–H and O–H groups in total.